The summed E-state index contributed by atoms with van der Waals surface area (Å²) in [5, 5.41) is 12.7. The van der Waals surface area contributed by atoms with Gasteiger partial charge in [0.2, 0.25) is 11.8 Å². The zero-order valence-corrected chi connectivity index (χ0v) is 12.6. The van der Waals surface area contributed by atoms with Gasteiger partial charge in [0.05, 0.1) is 6.10 Å². The fraction of sp³-hybridized carbons (Fsp3) is 0.667. The molecule has 0 aromatic carbocycles. The van der Waals surface area contributed by atoms with Crippen LogP contribution in [-0.4, -0.2) is 32.7 Å². The normalized spacial score (nSPS) is 18.0. The predicted octanol–water partition coefficient (Wildman–Crippen LogP) is 2.85. The van der Waals surface area contributed by atoms with Gasteiger partial charge in [-0.1, -0.05) is 25.7 Å². The number of anilines is 1. The SMILES string of the molecule is CC(C)Oc1ccnc(NC2(C(=O)O)CCCCCC2)n1. The predicted molar refractivity (Wildman–Crippen MR) is 79.5 cm³/mol. The quantitative estimate of drug-likeness (QED) is 0.812. The van der Waals surface area contributed by atoms with Gasteiger partial charge in [0.25, 0.3) is 0 Å². The second-order valence-electron chi connectivity index (χ2n) is 5.81. The molecule has 1 aromatic heterocycles. The molecule has 0 unspecified atom stereocenters. The van der Waals surface area contributed by atoms with Crippen LogP contribution >= 0.6 is 0 Å². The van der Waals surface area contributed by atoms with E-state index in [1.807, 2.05) is 13.8 Å². The van der Waals surface area contributed by atoms with Crippen molar-refractivity contribution >= 4 is 11.9 Å². The van der Waals surface area contributed by atoms with Crippen LogP contribution < -0.4 is 10.1 Å². The molecule has 0 radical (unpaired) electrons. The maximum absolute atomic E-state index is 11.7. The number of hydrogen-bond acceptors (Lipinski definition) is 5. The summed E-state index contributed by atoms with van der Waals surface area (Å²) in [5.41, 5.74) is -0.965. The third-order valence-corrected chi connectivity index (χ3v) is 3.70. The van der Waals surface area contributed by atoms with Gasteiger partial charge in [-0.25, -0.2) is 9.78 Å². The van der Waals surface area contributed by atoms with Gasteiger partial charge in [-0.15, -0.1) is 0 Å². The van der Waals surface area contributed by atoms with Gasteiger partial charge >= 0.3 is 5.97 Å². The van der Waals surface area contributed by atoms with E-state index < -0.39 is 11.5 Å². The van der Waals surface area contributed by atoms with E-state index in [2.05, 4.69) is 15.3 Å². The number of carbonyl (C=O) groups is 1. The Balaban J connectivity index is 2.18. The summed E-state index contributed by atoms with van der Waals surface area (Å²) in [7, 11) is 0. The molecule has 0 atom stereocenters. The highest BCUT2D eigenvalue weighted by Gasteiger charge is 2.39. The first-order valence-corrected chi connectivity index (χ1v) is 7.53. The molecule has 1 heterocycles. The Bertz CT molecular complexity index is 483. The summed E-state index contributed by atoms with van der Waals surface area (Å²) in [6, 6.07) is 1.67. The maximum Gasteiger partial charge on any atom is 0.329 e. The van der Waals surface area contributed by atoms with Crippen molar-refractivity contribution in [2.75, 3.05) is 5.32 Å². The molecule has 1 aromatic rings. The van der Waals surface area contributed by atoms with E-state index in [0.717, 1.165) is 25.7 Å². The van der Waals surface area contributed by atoms with Crippen molar-refractivity contribution in [2.24, 2.45) is 0 Å². The Labute approximate surface area is 124 Å². The highest BCUT2D eigenvalue weighted by molar-refractivity contribution is 5.82. The lowest BCUT2D eigenvalue weighted by Gasteiger charge is -2.29. The fourth-order valence-corrected chi connectivity index (χ4v) is 2.65. The van der Waals surface area contributed by atoms with E-state index in [4.69, 9.17) is 4.74 Å². The Morgan fingerprint density at radius 1 is 1.33 bits per heavy atom. The number of carboxylic acid groups (broad SMARTS) is 1. The molecule has 1 aliphatic carbocycles. The van der Waals surface area contributed by atoms with E-state index in [1.165, 1.54) is 0 Å². The molecule has 0 aliphatic heterocycles. The van der Waals surface area contributed by atoms with Gasteiger partial charge in [0, 0.05) is 12.3 Å². The number of rotatable bonds is 5. The van der Waals surface area contributed by atoms with Crippen LogP contribution in [0.3, 0.4) is 0 Å². The number of nitrogens with one attached hydrogen (secondary N) is 1. The van der Waals surface area contributed by atoms with Gasteiger partial charge in [-0.2, -0.15) is 4.98 Å². The lowest BCUT2D eigenvalue weighted by Crippen LogP contribution is -2.46. The first kappa shape index (κ1) is 15.5. The van der Waals surface area contributed by atoms with Gasteiger partial charge in [0.1, 0.15) is 5.54 Å². The molecular formula is C15H23N3O3. The standard InChI is InChI=1S/C15H23N3O3/c1-11(2)21-12-7-10-16-14(17-12)18-15(13(19)20)8-5-3-4-6-9-15/h7,10-11H,3-6,8-9H2,1-2H3,(H,19,20)(H,16,17,18). The van der Waals surface area contributed by atoms with Crippen molar-refractivity contribution in [1.29, 1.82) is 0 Å². The Morgan fingerprint density at radius 3 is 2.57 bits per heavy atom. The average Bonchev–Trinajstić information content (AvgIpc) is 2.65. The molecular weight excluding hydrogens is 270 g/mol. The average molecular weight is 293 g/mol. The van der Waals surface area contributed by atoms with E-state index in [-0.39, 0.29) is 6.10 Å². The molecule has 6 heteroatoms. The second-order valence-corrected chi connectivity index (χ2v) is 5.81. The van der Waals surface area contributed by atoms with Crippen LogP contribution in [0.1, 0.15) is 52.4 Å². The zero-order valence-electron chi connectivity index (χ0n) is 12.6. The van der Waals surface area contributed by atoms with Crippen molar-refractivity contribution in [2.45, 2.75) is 64.0 Å². The molecule has 2 rings (SSSR count). The molecule has 6 nitrogen and oxygen atoms in total. The molecule has 0 amide bonds. The van der Waals surface area contributed by atoms with E-state index >= 15 is 0 Å². The molecule has 0 bridgehead atoms. The Hall–Kier alpha value is -1.85. The number of aromatic nitrogens is 2. The smallest absolute Gasteiger partial charge is 0.329 e. The van der Waals surface area contributed by atoms with Crippen LogP contribution in [0.2, 0.25) is 0 Å². The summed E-state index contributed by atoms with van der Waals surface area (Å²) < 4.78 is 5.52. The molecule has 0 spiro atoms. The highest BCUT2D eigenvalue weighted by Crippen LogP contribution is 2.30. The van der Waals surface area contributed by atoms with Crippen molar-refractivity contribution in [3.05, 3.63) is 12.3 Å². The van der Waals surface area contributed by atoms with Crippen LogP contribution in [0.5, 0.6) is 5.88 Å². The number of carboxylic acids is 1. The Morgan fingerprint density at radius 2 is 2.00 bits per heavy atom. The van der Waals surface area contributed by atoms with Crippen LogP contribution in [0.25, 0.3) is 0 Å². The van der Waals surface area contributed by atoms with Crippen molar-refractivity contribution in [3.8, 4) is 5.88 Å². The minimum absolute atomic E-state index is 0.0130. The third kappa shape index (κ3) is 4.06. The minimum atomic E-state index is -0.965. The molecule has 2 N–H and O–H groups in total. The van der Waals surface area contributed by atoms with Crippen LogP contribution in [0, 0.1) is 0 Å². The number of nitrogens with zero attached hydrogens (tertiary/aromatic N) is 2. The summed E-state index contributed by atoms with van der Waals surface area (Å²) in [6.07, 6.45) is 6.76. The van der Waals surface area contributed by atoms with Gasteiger partial charge < -0.3 is 15.2 Å². The maximum atomic E-state index is 11.7. The monoisotopic (exact) mass is 293 g/mol. The molecule has 1 fully saturated rings. The minimum Gasteiger partial charge on any atom is -0.480 e. The first-order valence-electron chi connectivity index (χ1n) is 7.53. The van der Waals surface area contributed by atoms with Gasteiger partial charge in [-0.3, -0.25) is 0 Å². The third-order valence-electron chi connectivity index (χ3n) is 3.70. The van der Waals surface area contributed by atoms with Crippen LogP contribution in [-0.2, 0) is 4.79 Å². The molecule has 0 saturated heterocycles. The Kier molecular flexibility index (Phi) is 4.98. The van der Waals surface area contributed by atoms with Crippen molar-refractivity contribution < 1.29 is 14.6 Å². The van der Waals surface area contributed by atoms with Crippen LogP contribution in [0.15, 0.2) is 12.3 Å². The highest BCUT2D eigenvalue weighted by atomic mass is 16.5. The van der Waals surface area contributed by atoms with Crippen molar-refractivity contribution in [1.82, 2.24) is 9.97 Å². The first-order chi connectivity index (χ1) is 10.0. The summed E-state index contributed by atoms with van der Waals surface area (Å²) in [4.78, 5) is 20.1. The van der Waals surface area contributed by atoms with E-state index in [1.54, 1.807) is 12.3 Å². The zero-order chi connectivity index (χ0) is 15.3. The van der Waals surface area contributed by atoms with Gasteiger partial charge in [0.15, 0.2) is 0 Å². The van der Waals surface area contributed by atoms with E-state index in [0.29, 0.717) is 24.7 Å². The molecule has 21 heavy (non-hydrogen) atoms. The molecule has 1 aliphatic rings. The van der Waals surface area contributed by atoms with Crippen molar-refractivity contribution in [3.63, 3.8) is 0 Å². The number of ether oxygens (including phenoxy) is 1. The lowest BCUT2D eigenvalue weighted by atomic mass is 9.90. The van der Waals surface area contributed by atoms with Gasteiger partial charge in [-0.05, 0) is 26.7 Å². The lowest BCUT2D eigenvalue weighted by molar-refractivity contribution is -0.142. The fourth-order valence-electron chi connectivity index (χ4n) is 2.65. The van der Waals surface area contributed by atoms with Crippen LogP contribution in [0.4, 0.5) is 5.95 Å². The summed E-state index contributed by atoms with van der Waals surface area (Å²) >= 11 is 0. The summed E-state index contributed by atoms with van der Waals surface area (Å²) in [6.45, 7) is 3.83. The summed E-state index contributed by atoms with van der Waals surface area (Å²) in [5.74, 6) is -0.0581. The van der Waals surface area contributed by atoms with E-state index in [9.17, 15) is 9.90 Å². The number of aliphatic carboxylic acids is 1. The molecule has 116 valence electrons. The topological polar surface area (TPSA) is 84.3 Å². The molecule has 1 saturated carbocycles. The number of hydrogen-bond donors (Lipinski definition) is 2. The largest absolute Gasteiger partial charge is 0.480 e. The second kappa shape index (κ2) is 6.74.